The van der Waals surface area contributed by atoms with Crippen LogP contribution >= 0.6 is 11.6 Å². The van der Waals surface area contributed by atoms with Gasteiger partial charge < -0.3 is 16.2 Å². The highest BCUT2D eigenvalue weighted by atomic mass is 35.5. The molecule has 7 N–H and O–H groups in total. The molecule has 1 amide bonds. The van der Waals surface area contributed by atoms with Crippen LogP contribution in [0.25, 0.3) is 11.1 Å². The zero-order chi connectivity index (χ0) is 19.8. The lowest BCUT2D eigenvalue weighted by Gasteiger charge is -2.17. The van der Waals surface area contributed by atoms with Crippen molar-refractivity contribution in [2.24, 2.45) is 16.7 Å². The number of halogens is 1. The molecule has 9 heteroatoms. The lowest BCUT2D eigenvalue weighted by atomic mass is 9.99. The minimum atomic E-state index is -1.04. The van der Waals surface area contributed by atoms with Crippen molar-refractivity contribution in [2.75, 3.05) is 0 Å². The zero-order valence-corrected chi connectivity index (χ0v) is 15.1. The monoisotopic (exact) mass is 389 g/mol. The van der Waals surface area contributed by atoms with Crippen LogP contribution in [0.4, 0.5) is 0 Å². The van der Waals surface area contributed by atoms with Crippen molar-refractivity contribution in [2.45, 2.75) is 18.9 Å². The first-order valence-electron chi connectivity index (χ1n) is 8.05. The number of nitrogens with one attached hydrogen (secondary N) is 2. The molecule has 0 heterocycles. The van der Waals surface area contributed by atoms with Crippen molar-refractivity contribution in [3.8, 4) is 11.1 Å². The largest absolute Gasteiger partial charge is 0.481 e. The number of amidine groups is 1. The Kier molecular flexibility index (Phi) is 7.16. The summed E-state index contributed by atoms with van der Waals surface area (Å²) in [6.07, 6.45) is 0.0579. The number of nitrogens with zero attached hydrogens (tertiary/aromatic N) is 1. The van der Waals surface area contributed by atoms with Crippen LogP contribution in [0, 0.1) is 0 Å². The predicted molar refractivity (Wildman–Crippen MR) is 104 cm³/mol. The van der Waals surface area contributed by atoms with Crippen LogP contribution in [0.3, 0.4) is 0 Å². The van der Waals surface area contributed by atoms with Crippen molar-refractivity contribution >= 4 is 29.3 Å². The van der Waals surface area contributed by atoms with Gasteiger partial charge in [0.05, 0.1) is 6.42 Å². The van der Waals surface area contributed by atoms with Gasteiger partial charge in [-0.1, -0.05) is 48.0 Å². The van der Waals surface area contributed by atoms with Gasteiger partial charge in [0, 0.05) is 11.1 Å². The van der Waals surface area contributed by atoms with Gasteiger partial charge in [0.15, 0.2) is 0 Å². The van der Waals surface area contributed by atoms with E-state index in [-0.39, 0.29) is 12.3 Å². The van der Waals surface area contributed by atoms with Crippen LogP contribution in [-0.4, -0.2) is 28.9 Å². The number of nitrogens with two attached hydrogens (primary N) is 2. The van der Waals surface area contributed by atoms with E-state index in [9.17, 15) is 9.59 Å². The van der Waals surface area contributed by atoms with Gasteiger partial charge in [0.25, 0.3) is 5.91 Å². The summed E-state index contributed by atoms with van der Waals surface area (Å²) in [6.45, 7) is 0. The smallest absolute Gasteiger partial charge is 0.305 e. The van der Waals surface area contributed by atoms with Crippen LogP contribution in [0.15, 0.2) is 53.6 Å². The van der Waals surface area contributed by atoms with Crippen LogP contribution in [-0.2, 0) is 16.0 Å². The molecule has 0 spiro atoms. The topological polar surface area (TPSA) is 143 Å². The molecule has 0 radical (unpaired) electrons. The van der Waals surface area contributed by atoms with Gasteiger partial charge in [-0.3, -0.25) is 9.59 Å². The van der Waals surface area contributed by atoms with Crippen molar-refractivity contribution in [1.29, 1.82) is 0 Å². The first-order valence-corrected chi connectivity index (χ1v) is 8.43. The molecule has 0 aliphatic heterocycles. The van der Waals surface area contributed by atoms with Crippen molar-refractivity contribution < 1.29 is 14.7 Å². The van der Waals surface area contributed by atoms with Crippen LogP contribution in [0.2, 0.25) is 5.02 Å². The quantitative estimate of drug-likeness (QED) is 0.209. The van der Waals surface area contributed by atoms with Gasteiger partial charge in [-0.15, -0.1) is 5.10 Å². The maximum absolute atomic E-state index is 11.9. The number of aliphatic carboxylic acids is 1. The molecular formula is C18H20ClN5O3. The molecule has 27 heavy (non-hydrogen) atoms. The van der Waals surface area contributed by atoms with Gasteiger partial charge in [-0.25, -0.2) is 11.4 Å². The summed E-state index contributed by atoms with van der Waals surface area (Å²) in [5.74, 6) is 2.85. The minimum absolute atomic E-state index is 0.259. The second kappa shape index (κ2) is 9.56. The van der Waals surface area contributed by atoms with E-state index in [0.717, 1.165) is 16.7 Å². The number of carbonyl (C=O) groups is 2. The Morgan fingerprint density at radius 2 is 1.85 bits per heavy atom. The Balaban J connectivity index is 2.11. The third kappa shape index (κ3) is 6.28. The van der Waals surface area contributed by atoms with Gasteiger partial charge in [-0.2, -0.15) is 0 Å². The molecule has 0 aliphatic carbocycles. The first kappa shape index (κ1) is 20.2. The van der Waals surface area contributed by atoms with Gasteiger partial charge in [0.1, 0.15) is 0 Å². The molecular weight excluding hydrogens is 370 g/mol. The first-order chi connectivity index (χ1) is 12.9. The molecule has 1 atom stereocenters. The SMILES string of the molecule is NN/N=C(\N)C(=O)N[C@@H](CC(=O)O)Cc1ccc(-c2cccc(Cl)c2)cc1. The number of hydrogen-bond donors (Lipinski definition) is 5. The Morgan fingerprint density at radius 3 is 2.44 bits per heavy atom. The summed E-state index contributed by atoms with van der Waals surface area (Å²) in [5.41, 5.74) is 10.2. The highest BCUT2D eigenvalue weighted by molar-refractivity contribution is 6.37. The fourth-order valence-electron chi connectivity index (χ4n) is 2.55. The average molecular weight is 390 g/mol. The molecule has 8 nitrogen and oxygen atoms in total. The van der Waals surface area contributed by atoms with E-state index < -0.39 is 17.9 Å². The molecule has 2 aromatic carbocycles. The fourth-order valence-corrected chi connectivity index (χ4v) is 2.74. The van der Waals surface area contributed by atoms with Gasteiger partial charge in [-0.05, 0) is 35.2 Å². The van der Waals surface area contributed by atoms with Crippen LogP contribution < -0.4 is 22.4 Å². The summed E-state index contributed by atoms with van der Waals surface area (Å²) in [5, 5.41) is 15.6. The highest BCUT2D eigenvalue weighted by Gasteiger charge is 2.18. The maximum atomic E-state index is 11.9. The lowest BCUT2D eigenvalue weighted by Crippen LogP contribution is -2.45. The van der Waals surface area contributed by atoms with Crippen LogP contribution in [0.1, 0.15) is 12.0 Å². The molecule has 0 saturated carbocycles. The van der Waals surface area contributed by atoms with E-state index in [1.54, 1.807) is 6.07 Å². The molecule has 2 rings (SSSR count). The van der Waals surface area contributed by atoms with E-state index in [0.29, 0.717) is 11.4 Å². The average Bonchev–Trinajstić information content (AvgIpc) is 2.62. The molecule has 0 saturated heterocycles. The van der Waals surface area contributed by atoms with E-state index >= 15 is 0 Å². The molecule has 0 fully saturated rings. The van der Waals surface area contributed by atoms with Gasteiger partial charge >= 0.3 is 5.97 Å². The number of hydrazine groups is 1. The summed E-state index contributed by atoms with van der Waals surface area (Å²) in [7, 11) is 0. The summed E-state index contributed by atoms with van der Waals surface area (Å²) < 4.78 is 0. The lowest BCUT2D eigenvalue weighted by molar-refractivity contribution is -0.137. The molecule has 0 bridgehead atoms. The maximum Gasteiger partial charge on any atom is 0.305 e. The van der Waals surface area contributed by atoms with E-state index in [1.807, 2.05) is 48.0 Å². The fraction of sp³-hybridized carbons (Fsp3) is 0.167. The number of amides is 1. The molecule has 2 aromatic rings. The van der Waals surface area contributed by atoms with Crippen molar-refractivity contribution in [3.05, 3.63) is 59.1 Å². The third-order valence-electron chi connectivity index (χ3n) is 3.77. The minimum Gasteiger partial charge on any atom is -0.481 e. The molecule has 0 aromatic heterocycles. The Bertz CT molecular complexity index is 839. The number of rotatable bonds is 7. The second-order valence-corrected chi connectivity index (χ2v) is 6.24. The van der Waals surface area contributed by atoms with Crippen molar-refractivity contribution in [3.63, 3.8) is 0 Å². The van der Waals surface area contributed by atoms with E-state index in [1.165, 1.54) is 0 Å². The number of carbonyl (C=O) groups excluding carboxylic acids is 1. The Hall–Kier alpha value is -3.10. The second-order valence-electron chi connectivity index (χ2n) is 5.81. The number of hydrazone groups is 1. The van der Waals surface area contributed by atoms with E-state index in [4.69, 9.17) is 28.3 Å². The molecule has 142 valence electrons. The summed E-state index contributed by atoms with van der Waals surface area (Å²) in [4.78, 5) is 23.0. The summed E-state index contributed by atoms with van der Waals surface area (Å²) in [6, 6.07) is 14.4. The Morgan fingerprint density at radius 1 is 1.15 bits per heavy atom. The molecule has 0 aliphatic rings. The molecule has 0 unspecified atom stereocenters. The normalized spacial score (nSPS) is 12.3. The third-order valence-corrected chi connectivity index (χ3v) is 4.00. The number of carboxylic acid groups (broad SMARTS) is 1. The predicted octanol–water partition coefficient (Wildman–Crippen LogP) is 1.24. The number of hydrogen-bond acceptors (Lipinski definition) is 5. The van der Waals surface area contributed by atoms with E-state index in [2.05, 4.69) is 10.4 Å². The summed E-state index contributed by atoms with van der Waals surface area (Å²) >= 11 is 6.01. The Labute approximate surface area is 161 Å². The number of benzene rings is 2. The van der Waals surface area contributed by atoms with Crippen molar-refractivity contribution in [1.82, 2.24) is 10.9 Å². The number of carboxylic acids is 1. The zero-order valence-electron chi connectivity index (χ0n) is 14.4. The van der Waals surface area contributed by atoms with Crippen LogP contribution in [0.5, 0.6) is 0 Å². The van der Waals surface area contributed by atoms with Gasteiger partial charge in [0.2, 0.25) is 5.84 Å². The standard InChI is InChI=1S/C18H20ClN5O3/c19-14-3-1-2-13(9-14)12-6-4-11(5-7-12)8-15(10-16(25)26)22-18(27)17(20)23-24-21/h1-7,9,15,24H,8,10,21H2,(H2,20,23)(H,22,27)(H,25,26)/t15-/m1/s1. The highest BCUT2D eigenvalue weighted by Crippen LogP contribution is 2.23.